The van der Waals surface area contributed by atoms with Gasteiger partial charge >= 0.3 is 0 Å². The van der Waals surface area contributed by atoms with Gasteiger partial charge in [-0.25, -0.2) is 89.7 Å². The van der Waals surface area contributed by atoms with Crippen molar-refractivity contribution in [2.75, 3.05) is 28.1 Å². The van der Waals surface area contributed by atoms with Crippen LogP contribution in [-0.2, 0) is 45.5 Å². The highest BCUT2D eigenvalue weighted by molar-refractivity contribution is 6.72. The topological polar surface area (TPSA) is 295 Å². The van der Waals surface area contributed by atoms with Crippen molar-refractivity contribution in [2.45, 2.75) is 52.4 Å². The molecule has 1 aliphatic heterocycles. The molecule has 0 fully saturated rings. The highest BCUT2D eigenvalue weighted by atomic mass is 35.6. The van der Waals surface area contributed by atoms with Gasteiger partial charge < -0.3 is 23.7 Å². The maximum absolute atomic E-state index is 11.9. The number of methoxy groups -OCH3 is 3. The van der Waals surface area contributed by atoms with E-state index in [-0.39, 0.29) is 117 Å². The molecule has 0 unspecified atom stereocenters. The number of benzene rings is 9. The van der Waals surface area contributed by atoms with E-state index in [0.29, 0.717) is 61.2 Å². The zero-order valence-electron chi connectivity index (χ0n) is 73.2. The highest BCUT2D eigenvalue weighted by Gasteiger charge is 2.42. The molecule has 0 saturated carbocycles. The fraction of sp³-hybridized carbons (Fsp3) is 0.193. The van der Waals surface area contributed by atoms with Gasteiger partial charge in [0.05, 0.1) is 21.3 Å². The van der Waals surface area contributed by atoms with Gasteiger partial charge in [0, 0.05) is 43.6 Å². The van der Waals surface area contributed by atoms with Crippen molar-refractivity contribution in [3.05, 3.63) is 279 Å². The van der Waals surface area contributed by atoms with E-state index in [4.69, 9.17) is 453 Å². The monoisotopic (exact) mass is 2750 g/mol. The van der Waals surface area contributed by atoms with E-state index in [0.717, 1.165) is 43.8 Å². The smallest absolute Gasteiger partial charge is 0.250 e. The van der Waals surface area contributed by atoms with Crippen molar-refractivity contribution in [3.63, 3.8) is 0 Å². The summed E-state index contributed by atoms with van der Waals surface area (Å²) in [7, 11) is 4.72. The maximum Gasteiger partial charge on any atom is 0.250 e. The molecule has 0 radical (unpaired) electrons. The molecule has 61 heteroatoms. The van der Waals surface area contributed by atoms with E-state index in [1.807, 2.05) is 103 Å². The normalized spacial score (nSPS) is 12.8. The lowest BCUT2D eigenvalue weighted by molar-refractivity contribution is 0.101. The lowest BCUT2D eigenvalue weighted by Gasteiger charge is -2.17. The Kier molecular flexibility index (Phi) is 43.9. The van der Waals surface area contributed by atoms with Crippen molar-refractivity contribution < 1.29 is 28.5 Å². The number of hydrogen-bond acceptors (Lipinski definition) is 24. The van der Waals surface area contributed by atoms with Crippen LogP contribution in [0.5, 0.6) is 28.7 Å². The zero-order chi connectivity index (χ0) is 110. The number of carbonyl (C=O) groups excluding carboxylic acids is 1. The number of halogens is 37. The third-order valence-electron chi connectivity index (χ3n) is 18.6. The van der Waals surface area contributed by atoms with Gasteiger partial charge in [-0.2, -0.15) is 0 Å². The third-order valence-corrected chi connectivity index (χ3v) is 24.9. The van der Waals surface area contributed by atoms with Crippen LogP contribution in [-0.4, -0.2) is 124 Å². The summed E-state index contributed by atoms with van der Waals surface area (Å²) in [5.41, 5.74) is 4.63. The lowest BCUT2D eigenvalue weighted by atomic mass is 9.99. The molecule has 9 aromatic carbocycles. The Balaban J connectivity index is 0.000000170. The molecule has 24 nitrogen and oxygen atoms in total. The largest absolute Gasteiger partial charge is 0.497 e. The van der Waals surface area contributed by atoms with Crippen molar-refractivity contribution in [2.24, 2.45) is 0 Å². The lowest BCUT2D eigenvalue weighted by Crippen LogP contribution is -2.16. The second kappa shape index (κ2) is 52.0. The molecule has 16 rings (SSSR count). The Morgan fingerprint density at radius 2 is 0.570 bits per heavy atom. The van der Waals surface area contributed by atoms with Crippen LogP contribution in [0.4, 0.5) is 0 Å². The molecule has 149 heavy (non-hydrogen) atoms. The average Bonchev–Trinajstić information content (AvgIpc) is 1.11. The number of ether oxygens (including phenoxy) is 5. The summed E-state index contributed by atoms with van der Waals surface area (Å²) in [5, 5.41) is 5.73. The Hall–Kier alpha value is -3.30. The van der Waals surface area contributed by atoms with E-state index in [9.17, 15) is 4.79 Å². The van der Waals surface area contributed by atoms with E-state index < -0.39 is 45.5 Å². The minimum Gasteiger partial charge on any atom is -0.497 e. The number of nitrogens with zero attached hydrogens (tertiary/aromatic N) is 18. The van der Waals surface area contributed by atoms with E-state index in [2.05, 4.69) is 89.7 Å². The average molecular weight is 2760 g/mol. The van der Waals surface area contributed by atoms with Crippen LogP contribution in [0.1, 0.15) is 110 Å². The van der Waals surface area contributed by atoms with Crippen LogP contribution in [0, 0.1) is 0 Å². The van der Waals surface area contributed by atoms with Crippen molar-refractivity contribution >= 4 is 492 Å². The van der Waals surface area contributed by atoms with Gasteiger partial charge in [0.25, 0.3) is 0 Å². The fourth-order valence-electron chi connectivity index (χ4n) is 12.0. The van der Waals surface area contributed by atoms with Crippen LogP contribution in [0.15, 0.2) is 176 Å². The summed E-state index contributed by atoms with van der Waals surface area (Å²) in [4.78, 5) is 85.3. The summed E-state index contributed by atoms with van der Waals surface area (Å²) < 4.78 is 3.59. The summed E-state index contributed by atoms with van der Waals surface area (Å²) in [6, 6.07) is 52.7. The molecule has 0 bridgehead atoms. The Morgan fingerprint density at radius 1 is 0.268 bits per heavy atom. The van der Waals surface area contributed by atoms with E-state index in [1.54, 1.807) is 111 Å². The molecule has 0 N–H and O–H groups in total. The molecule has 0 saturated heterocycles. The van der Waals surface area contributed by atoms with Crippen molar-refractivity contribution in [3.8, 4) is 74.3 Å². The summed E-state index contributed by atoms with van der Waals surface area (Å²) in [6.07, 6.45) is 6.64. The van der Waals surface area contributed by atoms with Crippen molar-refractivity contribution in [1.29, 1.82) is 0 Å². The molecule has 15 aromatic rings. The third kappa shape index (κ3) is 36.1. The molecule has 0 aliphatic carbocycles. The molecule has 6 aromatic heterocycles. The van der Waals surface area contributed by atoms with Crippen LogP contribution in [0.3, 0.4) is 0 Å². The molecular weight excluding hydrogens is 2720 g/mol. The van der Waals surface area contributed by atoms with Crippen LogP contribution in [0.2, 0.25) is 5.02 Å². The number of aromatic nitrogens is 18. The number of carbonyl (C=O) groups is 1. The van der Waals surface area contributed by atoms with Crippen LogP contribution >= 0.6 is 429 Å². The first kappa shape index (κ1) is 126. The molecule has 7 heterocycles. The minimum atomic E-state index is -1.98. The first-order chi connectivity index (χ1) is 69.0. The van der Waals surface area contributed by atoms with Gasteiger partial charge in [-0.3, -0.25) is 4.79 Å². The van der Waals surface area contributed by atoms with Crippen LogP contribution in [0.25, 0.3) is 102 Å². The maximum atomic E-state index is 11.9. The molecular formula is C88H47Cl37N18O6. The fourth-order valence-corrected chi connectivity index (χ4v) is 15.2. The van der Waals surface area contributed by atoms with Crippen LogP contribution < -0.4 is 23.7 Å². The minimum absolute atomic E-state index is 0.107. The summed E-state index contributed by atoms with van der Waals surface area (Å²) >= 11 is 217. The second-order valence-electron chi connectivity index (χ2n) is 29.0. The van der Waals surface area contributed by atoms with Gasteiger partial charge in [0.2, 0.25) is 52.3 Å². The summed E-state index contributed by atoms with van der Waals surface area (Å²) in [6.45, 7) is 1.60. The number of fused-ring (bicyclic) bond motifs is 4. The highest BCUT2D eigenvalue weighted by Crippen LogP contribution is 2.50. The Morgan fingerprint density at radius 3 is 0.919 bits per heavy atom. The van der Waals surface area contributed by atoms with Gasteiger partial charge in [0.15, 0.2) is 122 Å². The second-order valence-corrected chi connectivity index (χ2v) is 56.8. The number of alkyl halides is 36. The van der Waals surface area contributed by atoms with Gasteiger partial charge in [0.1, 0.15) is 17.2 Å². The van der Waals surface area contributed by atoms with Gasteiger partial charge in [-0.1, -0.05) is 532 Å². The number of hydrogen-bond donors (Lipinski definition) is 0. The molecule has 0 spiro atoms. The number of ketones is 1. The Labute approximate surface area is 1030 Å². The standard InChI is InChI=1S/C18H11Cl6N3O2.C16H9Cl6N3O.C15H7Cl6N3.C14H9Cl6N3O.C13H6Cl7N3.C12H5Cl6N3O2/c1-8(28)9-3-4-10-12(7-9)11(5-6-13(10)29-2)14-25-15(17(19,20)21)27-16(26-14)18(22,23)24;1-26-11-7-6-10(8-4-2-3-5-9(8)11)12-23-13(15(17,18)19)25-14(24-12)16(20,21)22;16-14(17,18)12-22-11(23-13(24-12)15(19,20)21)10-6-5-8-3-1-2-4-9(8)7-10;1-24-9-5-2-8(3-6-9)4-7-10-21-11(13(15,16)17)23-12(22-10)14(18,19)20;14-8-4-1-7(2-5-8)3-6-9-21-10(12(15,16)17)23-11(22-9)13(18,19)20;13-11(14,15)9-19-8(20-10(21-9)12(16,17)18)5-1-2-6-7(3-5)23-4-22-6/h3-7H,1-2H3;2-7H,1H3;1-7H;2-7H,1H3;1-6H;1-3H,4H2/b;;;7-4+;6-3+;. The SMILES string of the molecule is COc1ccc(-c2nc(C(Cl)(Cl)Cl)nc(C(Cl)(Cl)Cl)n2)c2cc(C(C)=O)ccc12.COc1ccc(-c2nc(C(Cl)(Cl)Cl)nc(C(Cl)(Cl)Cl)n2)c2ccccc12.COc1ccc(/C=C/c2nc(C(Cl)(Cl)Cl)nc(C(Cl)(Cl)Cl)n2)cc1.ClC(Cl)(Cl)c1nc(-c2ccc3c(c2)OCO3)nc(C(Cl)(Cl)Cl)n1.ClC(Cl)(Cl)c1nc(-c2ccc3ccccc3c2)nc(C(Cl)(Cl)Cl)n1.Clc1ccc(/C=C/c2nc(C(Cl)(Cl)Cl)nc(C(Cl)(Cl)Cl)n2)cc1. The molecule has 0 amide bonds. The van der Waals surface area contributed by atoms with Crippen molar-refractivity contribution in [1.82, 2.24) is 89.7 Å². The number of Topliss-reactive ketones (excluding diaryl/α,β-unsaturated/α-hetero) is 1. The van der Waals surface area contributed by atoms with Gasteiger partial charge in [-0.05, 0) is 137 Å². The predicted octanol–water partition coefficient (Wildman–Crippen LogP) is 36.2. The molecule has 0 atom stereocenters. The van der Waals surface area contributed by atoms with E-state index in [1.165, 1.54) is 14.0 Å². The van der Waals surface area contributed by atoms with E-state index >= 15 is 0 Å². The quantitative estimate of drug-likeness (QED) is 0.0810. The van der Waals surface area contributed by atoms with Gasteiger partial charge in [-0.15, -0.1) is 0 Å². The predicted molar refractivity (Wildman–Crippen MR) is 616 cm³/mol. The first-order valence-electron chi connectivity index (χ1n) is 39.7. The Bertz CT molecular complexity index is 7250. The summed E-state index contributed by atoms with van der Waals surface area (Å²) in [5.74, 6) is 2.32. The zero-order valence-corrected chi connectivity index (χ0v) is 101. The molecule has 1 aliphatic rings. The first-order valence-corrected chi connectivity index (χ1v) is 53.7. The number of rotatable bonds is 12. The molecule has 784 valence electrons.